The fraction of sp³-hybridized carbons (Fsp3) is 0.640. The van der Waals surface area contributed by atoms with Crippen molar-refractivity contribution in [2.75, 3.05) is 0 Å². The van der Waals surface area contributed by atoms with Gasteiger partial charge in [-0.3, -0.25) is 4.99 Å². The minimum Gasteiger partial charge on any atom is -0.388 e. The van der Waals surface area contributed by atoms with Gasteiger partial charge < -0.3 is 5.11 Å². The Bertz CT molecular complexity index is 614. The summed E-state index contributed by atoms with van der Waals surface area (Å²) in [4.78, 5) is 4.23. The lowest BCUT2D eigenvalue weighted by atomic mass is 9.76. The van der Waals surface area contributed by atoms with Gasteiger partial charge in [0.1, 0.15) is 0 Å². The highest BCUT2D eigenvalue weighted by atomic mass is 16.3. The van der Waals surface area contributed by atoms with E-state index in [1.807, 2.05) is 19.3 Å². The van der Waals surface area contributed by atoms with Gasteiger partial charge in [0.15, 0.2) is 0 Å². The Morgan fingerprint density at radius 2 is 1.96 bits per heavy atom. The van der Waals surface area contributed by atoms with E-state index in [0.717, 1.165) is 24.8 Å². The number of aliphatic hydroxyl groups is 1. The van der Waals surface area contributed by atoms with Crippen molar-refractivity contribution in [1.82, 2.24) is 0 Å². The lowest BCUT2D eigenvalue weighted by Crippen LogP contribution is -2.29. The molecule has 0 aromatic rings. The van der Waals surface area contributed by atoms with E-state index in [1.54, 1.807) is 0 Å². The molecule has 0 bridgehead atoms. The van der Waals surface area contributed by atoms with E-state index in [0.29, 0.717) is 11.8 Å². The maximum Gasteiger partial charge on any atom is 0.0789 e. The highest BCUT2D eigenvalue weighted by Gasteiger charge is 2.29. The molecule has 1 unspecified atom stereocenters. The zero-order valence-corrected chi connectivity index (χ0v) is 17.9. The molecule has 0 aliphatic heterocycles. The average Bonchev–Trinajstić information content (AvgIpc) is 3.23. The number of nitrogens with zero attached hydrogens (tertiary/aromatic N) is 1. The molecule has 150 valence electrons. The monoisotopic (exact) mass is 369 g/mol. The molecule has 1 fully saturated rings. The van der Waals surface area contributed by atoms with E-state index in [2.05, 4.69) is 44.0 Å². The van der Waals surface area contributed by atoms with Crippen LogP contribution in [0, 0.1) is 11.8 Å². The second-order valence-corrected chi connectivity index (χ2v) is 8.26. The molecule has 2 aliphatic carbocycles. The largest absolute Gasteiger partial charge is 0.388 e. The van der Waals surface area contributed by atoms with Gasteiger partial charge >= 0.3 is 0 Å². The van der Waals surface area contributed by atoms with Crippen LogP contribution < -0.4 is 0 Å². The molecule has 0 amide bonds. The van der Waals surface area contributed by atoms with Crippen LogP contribution in [-0.4, -0.2) is 17.4 Å². The van der Waals surface area contributed by atoms with Gasteiger partial charge in [0, 0.05) is 12.4 Å². The predicted molar refractivity (Wildman–Crippen MR) is 118 cm³/mol. The van der Waals surface area contributed by atoms with Gasteiger partial charge in [-0.25, -0.2) is 0 Å². The number of aliphatic hydroxyl groups excluding tert-OH is 1. The molecule has 1 saturated carbocycles. The molecule has 0 saturated heterocycles. The van der Waals surface area contributed by atoms with Crippen molar-refractivity contribution in [3.05, 3.63) is 46.7 Å². The quantitative estimate of drug-likeness (QED) is 0.365. The van der Waals surface area contributed by atoms with E-state index in [4.69, 9.17) is 0 Å². The SMILES string of the molecule is C\C=N/C=C(C)/C=C\C(C1=CCCC1)=C(\C(O)C1CCCCC1)[C@H](C)CC. The second-order valence-electron chi connectivity index (χ2n) is 8.26. The minimum atomic E-state index is -0.306. The zero-order valence-electron chi connectivity index (χ0n) is 17.9. The van der Waals surface area contributed by atoms with E-state index in [-0.39, 0.29) is 6.10 Å². The normalized spacial score (nSPS) is 23.0. The first-order valence-electron chi connectivity index (χ1n) is 11.0. The Hall–Kier alpha value is -1.41. The summed E-state index contributed by atoms with van der Waals surface area (Å²) in [6, 6.07) is 0. The molecule has 0 aromatic carbocycles. The third-order valence-corrected chi connectivity index (χ3v) is 6.20. The van der Waals surface area contributed by atoms with E-state index >= 15 is 0 Å². The average molecular weight is 370 g/mol. The Morgan fingerprint density at radius 1 is 1.22 bits per heavy atom. The van der Waals surface area contributed by atoms with Crippen LogP contribution in [-0.2, 0) is 0 Å². The fourth-order valence-electron chi connectivity index (χ4n) is 4.39. The highest BCUT2D eigenvalue weighted by molar-refractivity contribution is 5.54. The third kappa shape index (κ3) is 6.31. The molecule has 2 nitrogen and oxygen atoms in total. The molecule has 0 radical (unpaired) electrons. The van der Waals surface area contributed by atoms with E-state index in [1.165, 1.54) is 55.2 Å². The fourth-order valence-corrected chi connectivity index (χ4v) is 4.39. The number of allylic oxidation sites excluding steroid dienone is 6. The molecule has 2 rings (SSSR count). The Morgan fingerprint density at radius 3 is 2.56 bits per heavy atom. The molecule has 2 atom stereocenters. The summed E-state index contributed by atoms with van der Waals surface area (Å²) in [6.45, 7) is 8.55. The summed E-state index contributed by atoms with van der Waals surface area (Å²) >= 11 is 0. The maximum absolute atomic E-state index is 11.4. The Balaban J connectivity index is 2.45. The van der Waals surface area contributed by atoms with Crippen LogP contribution >= 0.6 is 0 Å². The van der Waals surface area contributed by atoms with Crippen LogP contribution in [0.5, 0.6) is 0 Å². The zero-order chi connectivity index (χ0) is 19.6. The molecule has 0 aromatic heterocycles. The first-order chi connectivity index (χ1) is 13.1. The van der Waals surface area contributed by atoms with Gasteiger partial charge in [0.2, 0.25) is 0 Å². The first-order valence-corrected chi connectivity index (χ1v) is 11.0. The third-order valence-electron chi connectivity index (χ3n) is 6.20. The minimum absolute atomic E-state index is 0.306. The molecule has 1 N–H and O–H groups in total. The Kier molecular flexibility index (Phi) is 9.27. The van der Waals surface area contributed by atoms with Crippen molar-refractivity contribution in [1.29, 1.82) is 0 Å². The maximum atomic E-state index is 11.4. The highest BCUT2D eigenvalue weighted by Crippen LogP contribution is 2.38. The number of hydrogen-bond acceptors (Lipinski definition) is 2. The van der Waals surface area contributed by atoms with Gasteiger partial charge in [-0.05, 0) is 86.5 Å². The van der Waals surface area contributed by atoms with Crippen LogP contribution in [0.15, 0.2) is 51.7 Å². The molecular weight excluding hydrogens is 330 g/mol. The van der Waals surface area contributed by atoms with Crippen LogP contribution in [0.3, 0.4) is 0 Å². The molecule has 0 spiro atoms. The molecule has 27 heavy (non-hydrogen) atoms. The summed E-state index contributed by atoms with van der Waals surface area (Å²) in [5.41, 5.74) is 5.15. The molecular formula is C25H39NO. The predicted octanol–water partition coefficient (Wildman–Crippen LogP) is 6.93. The van der Waals surface area contributed by atoms with Gasteiger partial charge in [0.25, 0.3) is 0 Å². The molecule has 0 heterocycles. The van der Waals surface area contributed by atoms with Gasteiger partial charge in [-0.2, -0.15) is 0 Å². The molecule has 2 aliphatic rings. The summed E-state index contributed by atoms with van der Waals surface area (Å²) < 4.78 is 0. The number of aliphatic imine (C=N–C) groups is 1. The summed E-state index contributed by atoms with van der Waals surface area (Å²) in [7, 11) is 0. The van der Waals surface area contributed by atoms with Crippen molar-refractivity contribution in [2.24, 2.45) is 16.8 Å². The van der Waals surface area contributed by atoms with Crippen LogP contribution in [0.2, 0.25) is 0 Å². The van der Waals surface area contributed by atoms with Crippen LogP contribution in [0.1, 0.15) is 85.5 Å². The number of hydrogen-bond donors (Lipinski definition) is 1. The topological polar surface area (TPSA) is 32.6 Å². The lowest BCUT2D eigenvalue weighted by Gasteiger charge is -2.32. The van der Waals surface area contributed by atoms with E-state index in [9.17, 15) is 5.11 Å². The standard InChI is InChI=1S/C25H39NO/c1-5-20(4)24(25(27)22-14-8-7-9-15-22)23(21-12-10-11-13-21)17-16-19(3)18-26-6-2/h6,12,16-18,20,22,25,27H,5,7-11,13-15H2,1-4H3/b17-16-,19-18+,24-23-,26-6-/t20-,25?/m1/s1. The summed E-state index contributed by atoms with van der Waals surface area (Å²) in [5, 5.41) is 11.4. The lowest BCUT2D eigenvalue weighted by molar-refractivity contribution is 0.105. The van der Waals surface area contributed by atoms with Crippen molar-refractivity contribution < 1.29 is 5.11 Å². The van der Waals surface area contributed by atoms with E-state index < -0.39 is 0 Å². The number of rotatable bonds is 8. The summed E-state index contributed by atoms with van der Waals surface area (Å²) in [5.74, 6) is 0.829. The summed E-state index contributed by atoms with van der Waals surface area (Å²) in [6.07, 6.45) is 21.0. The van der Waals surface area contributed by atoms with Gasteiger partial charge in [-0.15, -0.1) is 0 Å². The van der Waals surface area contributed by atoms with Crippen molar-refractivity contribution in [2.45, 2.75) is 91.6 Å². The van der Waals surface area contributed by atoms with Crippen molar-refractivity contribution >= 4 is 6.21 Å². The Labute approximate surface area is 166 Å². The second kappa shape index (κ2) is 11.4. The van der Waals surface area contributed by atoms with Crippen molar-refractivity contribution in [3.63, 3.8) is 0 Å². The van der Waals surface area contributed by atoms with Crippen LogP contribution in [0.25, 0.3) is 0 Å². The molecule has 2 heteroatoms. The van der Waals surface area contributed by atoms with Gasteiger partial charge in [-0.1, -0.05) is 51.3 Å². The first kappa shape index (κ1) is 21.9. The van der Waals surface area contributed by atoms with Crippen molar-refractivity contribution in [3.8, 4) is 0 Å². The van der Waals surface area contributed by atoms with Crippen LogP contribution in [0.4, 0.5) is 0 Å². The van der Waals surface area contributed by atoms with Gasteiger partial charge in [0.05, 0.1) is 6.10 Å². The smallest absolute Gasteiger partial charge is 0.0789 e.